The summed E-state index contributed by atoms with van der Waals surface area (Å²) in [4.78, 5) is 0. The van der Waals surface area contributed by atoms with Crippen molar-refractivity contribution in [1.29, 1.82) is 0 Å². The van der Waals surface area contributed by atoms with Gasteiger partial charge in [-0.05, 0) is 24.7 Å². The van der Waals surface area contributed by atoms with Crippen LogP contribution in [-0.2, 0) is 0 Å². The maximum atomic E-state index is 5.58. The first-order chi connectivity index (χ1) is 6.38. The van der Waals surface area contributed by atoms with E-state index in [2.05, 4.69) is 5.43 Å². The fourth-order valence-corrected chi connectivity index (χ4v) is 2.49. The van der Waals surface area contributed by atoms with E-state index >= 15 is 0 Å². The second-order valence-corrected chi connectivity index (χ2v) is 4.93. The van der Waals surface area contributed by atoms with Crippen molar-refractivity contribution < 1.29 is 0 Å². The van der Waals surface area contributed by atoms with Gasteiger partial charge in [0, 0.05) is 6.04 Å². The molecule has 2 heteroatoms. The highest BCUT2D eigenvalue weighted by Gasteiger charge is 2.25. The van der Waals surface area contributed by atoms with Crippen LogP contribution < -0.4 is 11.3 Å². The van der Waals surface area contributed by atoms with Crippen molar-refractivity contribution in [2.24, 2.45) is 17.7 Å². The summed E-state index contributed by atoms with van der Waals surface area (Å²) in [5.41, 5.74) is 3.00. The lowest BCUT2D eigenvalue weighted by Gasteiger charge is -2.33. The van der Waals surface area contributed by atoms with Crippen molar-refractivity contribution in [2.45, 2.75) is 57.4 Å². The lowest BCUT2D eigenvalue weighted by molar-refractivity contribution is 0.208. The SMILES string of the molecule is NNC(CC1CCC1)CC1CCC1. The van der Waals surface area contributed by atoms with Gasteiger partial charge in [-0.2, -0.15) is 0 Å². The molecule has 0 atom stereocenters. The lowest BCUT2D eigenvalue weighted by atomic mass is 9.76. The predicted octanol–water partition coefficient (Wildman–Crippen LogP) is 2.20. The minimum absolute atomic E-state index is 0.607. The summed E-state index contributed by atoms with van der Waals surface area (Å²) in [7, 11) is 0. The van der Waals surface area contributed by atoms with Crippen molar-refractivity contribution in [1.82, 2.24) is 5.43 Å². The molecule has 0 aliphatic heterocycles. The third kappa shape index (κ3) is 2.44. The van der Waals surface area contributed by atoms with Crippen molar-refractivity contribution in [3.63, 3.8) is 0 Å². The van der Waals surface area contributed by atoms with E-state index in [1.165, 1.54) is 51.4 Å². The number of hydrogen-bond acceptors (Lipinski definition) is 2. The maximum Gasteiger partial charge on any atom is 0.0215 e. The molecule has 3 N–H and O–H groups in total. The fourth-order valence-electron chi connectivity index (χ4n) is 2.49. The predicted molar refractivity (Wildman–Crippen MR) is 55.0 cm³/mol. The van der Waals surface area contributed by atoms with Gasteiger partial charge in [-0.25, -0.2) is 0 Å². The van der Waals surface area contributed by atoms with Crippen molar-refractivity contribution in [3.05, 3.63) is 0 Å². The second-order valence-electron chi connectivity index (χ2n) is 4.93. The fraction of sp³-hybridized carbons (Fsp3) is 1.00. The highest BCUT2D eigenvalue weighted by atomic mass is 15.2. The van der Waals surface area contributed by atoms with Gasteiger partial charge >= 0.3 is 0 Å². The largest absolute Gasteiger partial charge is 0.271 e. The molecule has 0 saturated heterocycles. The van der Waals surface area contributed by atoms with Crippen LogP contribution in [0, 0.1) is 11.8 Å². The zero-order chi connectivity index (χ0) is 9.10. The van der Waals surface area contributed by atoms with Crippen LogP contribution in [0.4, 0.5) is 0 Å². The van der Waals surface area contributed by atoms with E-state index < -0.39 is 0 Å². The normalized spacial score (nSPS) is 24.5. The Bertz CT molecular complexity index is 134. The first-order valence-corrected chi connectivity index (χ1v) is 5.84. The molecule has 0 radical (unpaired) electrons. The zero-order valence-corrected chi connectivity index (χ0v) is 8.47. The topological polar surface area (TPSA) is 38.0 Å². The summed E-state index contributed by atoms with van der Waals surface area (Å²) < 4.78 is 0. The number of rotatable bonds is 5. The van der Waals surface area contributed by atoms with E-state index in [0.717, 1.165) is 11.8 Å². The Labute approximate surface area is 81.2 Å². The third-order valence-corrected chi connectivity index (χ3v) is 3.92. The molecule has 0 bridgehead atoms. The minimum Gasteiger partial charge on any atom is -0.271 e. The Balaban J connectivity index is 1.65. The van der Waals surface area contributed by atoms with E-state index in [-0.39, 0.29) is 0 Å². The molecule has 2 nitrogen and oxygen atoms in total. The molecule has 0 unspecified atom stereocenters. The molecule has 0 spiro atoms. The van der Waals surface area contributed by atoms with Gasteiger partial charge in [0.2, 0.25) is 0 Å². The molecular weight excluding hydrogens is 160 g/mol. The molecule has 0 amide bonds. The smallest absolute Gasteiger partial charge is 0.0215 e. The van der Waals surface area contributed by atoms with Crippen LogP contribution in [0.3, 0.4) is 0 Å². The third-order valence-electron chi connectivity index (χ3n) is 3.92. The summed E-state index contributed by atoms with van der Waals surface area (Å²) >= 11 is 0. The molecule has 2 saturated carbocycles. The molecule has 0 aromatic heterocycles. The average Bonchev–Trinajstić information content (AvgIpc) is 1.98. The summed E-state index contributed by atoms with van der Waals surface area (Å²) in [6.45, 7) is 0. The van der Waals surface area contributed by atoms with Gasteiger partial charge in [0.15, 0.2) is 0 Å². The van der Waals surface area contributed by atoms with Crippen LogP contribution in [0.5, 0.6) is 0 Å². The van der Waals surface area contributed by atoms with Crippen molar-refractivity contribution >= 4 is 0 Å². The van der Waals surface area contributed by atoms with Gasteiger partial charge in [0.1, 0.15) is 0 Å². The second kappa shape index (κ2) is 4.43. The molecule has 2 rings (SSSR count). The molecule has 13 heavy (non-hydrogen) atoms. The summed E-state index contributed by atoms with van der Waals surface area (Å²) in [5.74, 6) is 7.55. The Morgan fingerprint density at radius 2 is 1.46 bits per heavy atom. The Morgan fingerprint density at radius 1 is 1.00 bits per heavy atom. The quantitative estimate of drug-likeness (QED) is 0.505. The standard InChI is InChI=1S/C11H22N2/c12-13-11(7-9-3-1-4-9)8-10-5-2-6-10/h9-11,13H,1-8,12H2. The molecule has 0 aromatic carbocycles. The van der Waals surface area contributed by atoms with Gasteiger partial charge in [-0.15, -0.1) is 0 Å². The molecule has 0 aromatic rings. The zero-order valence-electron chi connectivity index (χ0n) is 8.47. The van der Waals surface area contributed by atoms with E-state index in [9.17, 15) is 0 Å². The van der Waals surface area contributed by atoms with Crippen LogP contribution in [0.1, 0.15) is 51.4 Å². The van der Waals surface area contributed by atoms with Crippen LogP contribution in [0.2, 0.25) is 0 Å². The van der Waals surface area contributed by atoms with Crippen LogP contribution >= 0.6 is 0 Å². The number of hydrazine groups is 1. The highest BCUT2D eigenvalue weighted by Crippen LogP contribution is 2.35. The highest BCUT2D eigenvalue weighted by molar-refractivity contribution is 4.80. The van der Waals surface area contributed by atoms with E-state index in [4.69, 9.17) is 5.84 Å². The molecular formula is C11H22N2. The van der Waals surface area contributed by atoms with Crippen molar-refractivity contribution in [2.75, 3.05) is 0 Å². The molecule has 76 valence electrons. The summed E-state index contributed by atoms with van der Waals surface area (Å²) in [6.07, 6.45) is 11.3. The number of hydrogen-bond donors (Lipinski definition) is 2. The van der Waals surface area contributed by atoms with Gasteiger partial charge in [-0.3, -0.25) is 11.3 Å². The molecule has 2 aliphatic rings. The Kier molecular flexibility index (Phi) is 3.23. The van der Waals surface area contributed by atoms with E-state index in [0.29, 0.717) is 6.04 Å². The Morgan fingerprint density at radius 3 is 1.69 bits per heavy atom. The van der Waals surface area contributed by atoms with Crippen LogP contribution in [0.15, 0.2) is 0 Å². The number of nitrogens with one attached hydrogen (secondary N) is 1. The Hall–Kier alpha value is -0.0800. The van der Waals surface area contributed by atoms with Gasteiger partial charge in [0.25, 0.3) is 0 Å². The average molecular weight is 182 g/mol. The monoisotopic (exact) mass is 182 g/mol. The van der Waals surface area contributed by atoms with Crippen LogP contribution in [0.25, 0.3) is 0 Å². The van der Waals surface area contributed by atoms with Crippen LogP contribution in [-0.4, -0.2) is 6.04 Å². The number of nitrogens with two attached hydrogens (primary N) is 1. The van der Waals surface area contributed by atoms with Gasteiger partial charge in [-0.1, -0.05) is 38.5 Å². The van der Waals surface area contributed by atoms with Gasteiger partial charge in [0.05, 0.1) is 0 Å². The summed E-state index contributed by atoms with van der Waals surface area (Å²) in [6, 6.07) is 0.607. The van der Waals surface area contributed by atoms with E-state index in [1.54, 1.807) is 0 Å². The summed E-state index contributed by atoms with van der Waals surface area (Å²) in [5, 5.41) is 0. The molecule has 2 fully saturated rings. The molecule has 2 aliphatic carbocycles. The first-order valence-electron chi connectivity index (χ1n) is 5.84. The molecule has 0 heterocycles. The minimum atomic E-state index is 0.607. The van der Waals surface area contributed by atoms with E-state index in [1.807, 2.05) is 0 Å². The van der Waals surface area contributed by atoms with Gasteiger partial charge < -0.3 is 0 Å². The first kappa shape index (κ1) is 9.47. The maximum absolute atomic E-state index is 5.58. The lowest BCUT2D eigenvalue weighted by Crippen LogP contribution is -2.39. The van der Waals surface area contributed by atoms with Crippen molar-refractivity contribution in [3.8, 4) is 0 Å².